The SMILES string of the molecule is COC1=CC=C2N=CC(CC(C)N)=C2C1. The molecule has 0 saturated heterocycles. The van der Waals surface area contributed by atoms with Gasteiger partial charge in [-0.15, -0.1) is 0 Å². The van der Waals surface area contributed by atoms with Crippen LogP contribution in [-0.2, 0) is 4.74 Å². The number of allylic oxidation sites excluding steroid dienone is 4. The van der Waals surface area contributed by atoms with Crippen molar-refractivity contribution in [2.45, 2.75) is 25.8 Å². The predicted molar refractivity (Wildman–Crippen MR) is 61.6 cm³/mol. The van der Waals surface area contributed by atoms with Crippen LogP contribution in [0.2, 0.25) is 0 Å². The van der Waals surface area contributed by atoms with Gasteiger partial charge >= 0.3 is 0 Å². The van der Waals surface area contributed by atoms with Crippen molar-refractivity contribution in [3.8, 4) is 0 Å². The second kappa shape index (κ2) is 4.03. The molecule has 1 aliphatic carbocycles. The minimum absolute atomic E-state index is 0.176. The summed E-state index contributed by atoms with van der Waals surface area (Å²) in [5.74, 6) is 0.987. The first-order valence-corrected chi connectivity index (χ1v) is 5.17. The lowest BCUT2D eigenvalue weighted by Gasteiger charge is -2.14. The highest BCUT2D eigenvalue weighted by Crippen LogP contribution is 2.33. The van der Waals surface area contributed by atoms with E-state index >= 15 is 0 Å². The molecule has 0 bridgehead atoms. The normalized spacial score (nSPS) is 21.0. The Bertz CT molecular complexity index is 386. The van der Waals surface area contributed by atoms with E-state index in [1.807, 2.05) is 25.3 Å². The number of rotatable bonds is 3. The molecule has 2 N–H and O–H groups in total. The van der Waals surface area contributed by atoms with Crippen molar-refractivity contribution in [3.63, 3.8) is 0 Å². The highest BCUT2D eigenvalue weighted by atomic mass is 16.5. The van der Waals surface area contributed by atoms with Crippen molar-refractivity contribution in [1.29, 1.82) is 0 Å². The molecule has 15 heavy (non-hydrogen) atoms. The number of hydrogen-bond donors (Lipinski definition) is 1. The number of nitrogens with two attached hydrogens (primary N) is 1. The molecular formula is C12H16N2O. The smallest absolute Gasteiger partial charge is 0.100 e. The number of hydrogen-bond acceptors (Lipinski definition) is 3. The maximum atomic E-state index is 5.80. The third-order valence-electron chi connectivity index (χ3n) is 2.64. The topological polar surface area (TPSA) is 47.6 Å². The lowest BCUT2D eigenvalue weighted by atomic mass is 9.96. The molecule has 2 rings (SSSR count). The monoisotopic (exact) mass is 204 g/mol. The molecule has 0 saturated carbocycles. The standard InChI is InChI=1S/C12H16N2O/c1-8(13)5-9-7-14-12-4-3-10(15-2)6-11(9)12/h3-4,7-8H,5-6,13H2,1-2H3. The molecule has 80 valence electrons. The van der Waals surface area contributed by atoms with Crippen LogP contribution in [0.4, 0.5) is 0 Å². The van der Waals surface area contributed by atoms with Crippen molar-refractivity contribution in [2.75, 3.05) is 7.11 Å². The summed E-state index contributed by atoms with van der Waals surface area (Å²) >= 11 is 0. The van der Waals surface area contributed by atoms with Gasteiger partial charge in [-0.3, -0.25) is 4.99 Å². The summed E-state index contributed by atoms with van der Waals surface area (Å²) in [6, 6.07) is 0.176. The summed E-state index contributed by atoms with van der Waals surface area (Å²) in [7, 11) is 1.70. The molecule has 3 nitrogen and oxygen atoms in total. The molecular weight excluding hydrogens is 188 g/mol. The fourth-order valence-electron chi connectivity index (χ4n) is 1.88. The van der Waals surface area contributed by atoms with E-state index in [4.69, 9.17) is 10.5 Å². The third-order valence-corrected chi connectivity index (χ3v) is 2.64. The zero-order chi connectivity index (χ0) is 10.8. The summed E-state index contributed by atoms with van der Waals surface area (Å²) in [6.45, 7) is 2.01. The fraction of sp³-hybridized carbons (Fsp3) is 0.417. The van der Waals surface area contributed by atoms with Crippen molar-refractivity contribution >= 4 is 6.21 Å². The van der Waals surface area contributed by atoms with E-state index in [1.165, 1.54) is 11.1 Å². The zero-order valence-electron chi connectivity index (χ0n) is 9.16. The predicted octanol–water partition coefficient (Wildman–Crippen LogP) is 1.92. The molecule has 0 aromatic heterocycles. The van der Waals surface area contributed by atoms with Gasteiger partial charge in [0.25, 0.3) is 0 Å². The average Bonchev–Trinajstić information content (AvgIpc) is 2.60. The van der Waals surface area contributed by atoms with Crippen molar-refractivity contribution < 1.29 is 4.74 Å². The Balaban J connectivity index is 2.24. The van der Waals surface area contributed by atoms with E-state index in [-0.39, 0.29) is 6.04 Å². The van der Waals surface area contributed by atoms with Gasteiger partial charge < -0.3 is 10.5 Å². The summed E-state index contributed by atoms with van der Waals surface area (Å²) in [5, 5.41) is 0. The largest absolute Gasteiger partial charge is 0.501 e. The first kappa shape index (κ1) is 10.2. The van der Waals surface area contributed by atoms with Crippen LogP contribution in [0.5, 0.6) is 0 Å². The summed E-state index contributed by atoms with van der Waals surface area (Å²) in [4.78, 5) is 4.37. The van der Waals surface area contributed by atoms with Gasteiger partial charge in [0, 0.05) is 18.7 Å². The van der Waals surface area contributed by atoms with Crippen molar-refractivity contribution in [3.05, 3.63) is 34.8 Å². The number of aliphatic imine (C=N–C) groups is 1. The van der Waals surface area contributed by atoms with Gasteiger partial charge in [-0.2, -0.15) is 0 Å². The Kier molecular flexibility index (Phi) is 2.73. The molecule has 0 spiro atoms. The minimum atomic E-state index is 0.176. The molecule has 0 fully saturated rings. The van der Waals surface area contributed by atoms with Gasteiger partial charge in [0.2, 0.25) is 0 Å². The molecule has 1 heterocycles. The van der Waals surface area contributed by atoms with E-state index in [0.717, 1.165) is 24.3 Å². The second-order valence-electron chi connectivity index (χ2n) is 4.01. The van der Waals surface area contributed by atoms with E-state index in [2.05, 4.69) is 4.99 Å². The highest BCUT2D eigenvalue weighted by molar-refractivity contribution is 5.87. The molecule has 1 atom stereocenters. The van der Waals surface area contributed by atoms with Crippen LogP contribution < -0.4 is 5.73 Å². The lowest BCUT2D eigenvalue weighted by molar-refractivity contribution is 0.282. The fourth-order valence-corrected chi connectivity index (χ4v) is 1.88. The summed E-state index contributed by atoms with van der Waals surface area (Å²) < 4.78 is 5.25. The molecule has 0 amide bonds. The minimum Gasteiger partial charge on any atom is -0.501 e. The Morgan fingerprint density at radius 2 is 2.33 bits per heavy atom. The molecule has 0 aromatic rings. The van der Waals surface area contributed by atoms with Crippen LogP contribution in [0.3, 0.4) is 0 Å². The zero-order valence-corrected chi connectivity index (χ0v) is 9.16. The van der Waals surface area contributed by atoms with Gasteiger partial charge in [0.05, 0.1) is 12.8 Å². The molecule has 0 aromatic carbocycles. The van der Waals surface area contributed by atoms with Crippen LogP contribution >= 0.6 is 0 Å². The van der Waals surface area contributed by atoms with Crippen LogP contribution in [0, 0.1) is 0 Å². The van der Waals surface area contributed by atoms with Crippen LogP contribution in [0.1, 0.15) is 19.8 Å². The summed E-state index contributed by atoms with van der Waals surface area (Å²) in [6.07, 6.45) is 7.63. The Hall–Kier alpha value is -1.35. The van der Waals surface area contributed by atoms with Gasteiger partial charge in [-0.1, -0.05) is 0 Å². The quantitative estimate of drug-likeness (QED) is 0.763. The average molecular weight is 204 g/mol. The van der Waals surface area contributed by atoms with Gasteiger partial charge in [0.15, 0.2) is 0 Å². The van der Waals surface area contributed by atoms with Crippen LogP contribution in [-0.4, -0.2) is 19.4 Å². The van der Waals surface area contributed by atoms with Crippen LogP contribution in [0.25, 0.3) is 0 Å². The molecule has 2 aliphatic rings. The summed E-state index contributed by atoms with van der Waals surface area (Å²) in [5.41, 5.74) is 9.38. The van der Waals surface area contributed by atoms with Gasteiger partial charge in [-0.25, -0.2) is 0 Å². The number of methoxy groups -OCH3 is 1. The van der Waals surface area contributed by atoms with Gasteiger partial charge in [0.1, 0.15) is 5.76 Å². The first-order valence-electron chi connectivity index (χ1n) is 5.17. The lowest BCUT2D eigenvalue weighted by Crippen LogP contribution is -2.16. The van der Waals surface area contributed by atoms with Crippen molar-refractivity contribution in [2.24, 2.45) is 10.7 Å². The second-order valence-corrected chi connectivity index (χ2v) is 4.01. The first-order chi connectivity index (χ1) is 7.20. The van der Waals surface area contributed by atoms with E-state index in [9.17, 15) is 0 Å². The third kappa shape index (κ3) is 2.02. The maximum Gasteiger partial charge on any atom is 0.100 e. The van der Waals surface area contributed by atoms with E-state index < -0.39 is 0 Å². The van der Waals surface area contributed by atoms with Crippen molar-refractivity contribution in [1.82, 2.24) is 0 Å². The highest BCUT2D eigenvalue weighted by Gasteiger charge is 2.20. The van der Waals surface area contributed by atoms with Crippen LogP contribution in [0.15, 0.2) is 39.7 Å². The molecule has 1 unspecified atom stereocenters. The molecule has 1 aliphatic heterocycles. The molecule has 0 radical (unpaired) electrons. The maximum absolute atomic E-state index is 5.80. The van der Waals surface area contributed by atoms with E-state index in [1.54, 1.807) is 7.11 Å². The number of fused-ring (bicyclic) bond motifs is 1. The Labute approximate surface area is 90.0 Å². The Morgan fingerprint density at radius 1 is 1.53 bits per heavy atom. The van der Waals surface area contributed by atoms with E-state index in [0.29, 0.717) is 0 Å². The number of nitrogens with zero attached hydrogens (tertiary/aromatic N) is 1. The van der Waals surface area contributed by atoms with Gasteiger partial charge in [-0.05, 0) is 36.6 Å². The number of ether oxygens (including phenoxy) is 1. The Morgan fingerprint density at radius 3 is 3.00 bits per heavy atom. The molecule has 3 heteroatoms.